The van der Waals surface area contributed by atoms with Crippen LogP contribution in [0.25, 0.3) is 0 Å². The highest BCUT2D eigenvalue weighted by atomic mass is 16.5. The van der Waals surface area contributed by atoms with Crippen molar-refractivity contribution in [2.45, 2.75) is 38.5 Å². The van der Waals surface area contributed by atoms with Gasteiger partial charge in [-0.25, -0.2) is 4.98 Å². The first-order chi connectivity index (χ1) is 12.8. The number of carbonyl (C=O) groups excluding carboxylic acids is 1. The molecule has 0 saturated carbocycles. The third-order valence-electron chi connectivity index (χ3n) is 6.26. The van der Waals surface area contributed by atoms with Crippen LogP contribution >= 0.6 is 0 Å². The zero-order valence-corrected chi connectivity index (χ0v) is 15.2. The summed E-state index contributed by atoms with van der Waals surface area (Å²) in [6.07, 6.45) is 13.3. The molecule has 0 bridgehead atoms. The van der Waals surface area contributed by atoms with Crippen molar-refractivity contribution in [1.29, 1.82) is 0 Å². The average molecular weight is 357 g/mol. The van der Waals surface area contributed by atoms with Gasteiger partial charge in [0.1, 0.15) is 0 Å². The molecule has 4 rings (SSSR count). The van der Waals surface area contributed by atoms with Crippen molar-refractivity contribution in [2.24, 2.45) is 11.3 Å². The van der Waals surface area contributed by atoms with Gasteiger partial charge in [-0.3, -0.25) is 9.78 Å². The van der Waals surface area contributed by atoms with Crippen LogP contribution in [0.15, 0.2) is 30.2 Å². The van der Waals surface area contributed by atoms with Gasteiger partial charge in [0.15, 0.2) is 0 Å². The summed E-state index contributed by atoms with van der Waals surface area (Å²) in [7, 11) is 0. The molecular formula is C20H27N3O3. The third-order valence-corrected chi connectivity index (χ3v) is 6.26. The van der Waals surface area contributed by atoms with E-state index in [1.54, 1.807) is 18.6 Å². The van der Waals surface area contributed by atoms with Crippen LogP contribution in [-0.2, 0) is 9.53 Å². The number of likely N-dealkylation sites (tertiary alicyclic amines) is 1. The van der Waals surface area contributed by atoms with Crippen LogP contribution < -0.4 is 4.74 Å². The highest BCUT2D eigenvalue weighted by Gasteiger charge is 2.44. The van der Waals surface area contributed by atoms with Crippen LogP contribution in [0.2, 0.25) is 0 Å². The number of piperidine rings is 1. The minimum Gasteiger partial charge on any atom is -0.476 e. The molecule has 0 unspecified atom stereocenters. The summed E-state index contributed by atoms with van der Waals surface area (Å²) in [5, 5.41) is 0. The first-order valence-electron chi connectivity index (χ1n) is 9.72. The molecule has 1 amide bonds. The lowest BCUT2D eigenvalue weighted by atomic mass is 9.66. The number of nitrogens with zero attached hydrogens (tertiary/aromatic N) is 3. The normalized spacial score (nSPS) is 25.2. The van der Waals surface area contributed by atoms with E-state index in [0.717, 1.165) is 70.4 Å². The maximum atomic E-state index is 12.7. The van der Waals surface area contributed by atoms with E-state index >= 15 is 0 Å². The molecule has 2 fully saturated rings. The second-order valence-corrected chi connectivity index (χ2v) is 7.65. The van der Waals surface area contributed by atoms with E-state index < -0.39 is 0 Å². The lowest BCUT2D eigenvalue weighted by Crippen LogP contribution is -2.51. The van der Waals surface area contributed by atoms with Crippen molar-refractivity contribution in [3.63, 3.8) is 0 Å². The third kappa shape index (κ3) is 3.61. The summed E-state index contributed by atoms with van der Waals surface area (Å²) in [6, 6.07) is 0. The largest absolute Gasteiger partial charge is 0.476 e. The summed E-state index contributed by atoms with van der Waals surface area (Å²) in [5.41, 5.74) is 1.23. The molecule has 6 nitrogen and oxygen atoms in total. The fourth-order valence-electron chi connectivity index (χ4n) is 4.53. The van der Waals surface area contributed by atoms with Crippen LogP contribution in [0.5, 0.6) is 5.88 Å². The molecule has 140 valence electrons. The lowest BCUT2D eigenvalue weighted by Gasteiger charge is -2.48. The van der Waals surface area contributed by atoms with Crippen LogP contribution in [0.3, 0.4) is 0 Å². The molecule has 1 aromatic heterocycles. The molecule has 3 aliphatic rings. The summed E-state index contributed by atoms with van der Waals surface area (Å²) >= 11 is 0. The number of ether oxygens (including phenoxy) is 2. The topological polar surface area (TPSA) is 64.6 Å². The van der Waals surface area contributed by atoms with Gasteiger partial charge in [0.05, 0.1) is 19.4 Å². The van der Waals surface area contributed by atoms with Crippen molar-refractivity contribution in [1.82, 2.24) is 14.9 Å². The van der Waals surface area contributed by atoms with Gasteiger partial charge in [-0.05, 0) is 43.9 Å². The Morgan fingerprint density at radius 1 is 1.31 bits per heavy atom. The van der Waals surface area contributed by atoms with Gasteiger partial charge in [-0.2, -0.15) is 0 Å². The van der Waals surface area contributed by atoms with E-state index in [0.29, 0.717) is 18.4 Å². The van der Waals surface area contributed by atoms with E-state index in [1.807, 2.05) is 0 Å². The Kier molecular flexibility index (Phi) is 5.20. The van der Waals surface area contributed by atoms with E-state index in [9.17, 15) is 4.79 Å². The van der Waals surface area contributed by atoms with Crippen molar-refractivity contribution in [2.75, 3.05) is 32.9 Å². The SMILES string of the molecule is O=C(C1=CCCC1)N1CCC2(CCOC[C@H]2COc2cnccn2)CC1. The van der Waals surface area contributed by atoms with Gasteiger partial charge < -0.3 is 14.4 Å². The number of amides is 1. The van der Waals surface area contributed by atoms with Gasteiger partial charge in [0, 0.05) is 43.6 Å². The molecule has 1 aliphatic carbocycles. The fraction of sp³-hybridized carbons (Fsp3) is 0.650. The van der Waals surface area contributed by atoms with Crippen LogP contribution in [0, 0.1) is 11.3 Å². The molecule has 6 heteroatoms. The molecule has 1 atom stereocenters. The second kappa shape index (κ2) is 7.74. The average Bonchev–Trinajstić information content (AvgIpc) is 3.23. The maximum absolute atomic E-state index is 12.7. The van der Waals surface area contributed by atoms with E-state index in [-0.39, 0.29) is 11.3 Å². The Bertz CT molecular complexity index is 654. The molecule has 2 aliphatic heterocycles. The van der Waals surface area contributed by atoms with Gasteiger partial charge in [0.2, 0.25) is 11.8 Å². The second-order valence-electron chi connectivity index (χ2n) is 7.65. The van der Waals surface area contributed by atoms with Crippen LogP contribution in [0.4, 0.5) is 0 Å². The highest BCUT2D eigenvalue weighted by Crippen LogP contribution is 2.45. The molecule has 0 aromatic carbocycles. The smallest absolute Gasteiger partial charge is 0.249 e. The summed E-state index contributed by atoms with van der Waals surface area (Å²) in [5.74, 6) is 1.16. The van der Waals surface area contributed by atoms with E-state index in [4.69, 9.17) is 9.47 Å². The minimum atomic E-state index is 0.210. The molecular weight excluding hydrogens is 330 g/mol. The zero-order chi connectivity index (χ0) is 17.8. The van der Waals surface area contributed by atoms with Gasteiger partial charge in [0.25, 0.3) is 0 Å². The fourth-order valence-corrected chi connectivity index (χ4v) is 4.53. The first-order valence-corrected chi connectivity index (χ1v) is 9.72. The number of rotatable bonds is 4. The number of aromatic nitrogens is 2. The molecule has 2 saturated heterocycles. The predicted octanol–water partition coefficient (Wildman–Crippen LogP) is 2.61. The Hall–Kier alpha value is -1.95. The zero-order valence-electron chi connectivity index (χ0n) is 15.2. The first kappa shape index (κ1) is 17.5. The van der Waals surface area contributed by atoms with Crippen molar-refractivity contribution >= 4 is 5.91 Å². The molecule has 1 spiro atoms. The number of carbonyl (C=O) groups is 1. The predicted molar refractivity (Wildman–Crippen MR) is 96.6 cm³/mol. The number of allylic oxidation sites excluding steroid dienone is 1. The Labute approximate surface area is 154 Å². The molecule has 0 N–H and O–H groups in total. The van der Waals surface area contributed by atoms with Gasteiger partial charge in [-0.15, -0.1) is 0 Å². The minimum absolute atomic E-state index is 0.210. The molecule has 0 radical (unpaired) electrons. The molecule has 3 heterocycles. The molecule has 1 aromatic rings. The standard InChI is InChI=1S/C20H27N3O3/c24-19(16-3-1-2-4-16)23-10-5-20(6-11-23)7-12-25-14-17(20)15-26-18-13-21-8-9-22-18/h3,8-9,13,17H,1-2,4-7,10-12,14-15H2/t17-/m0/s1. The van der Waals surface area contributed by atoms with Crippen molar-refractivity contribution in [3.05, 3.63) is 30.2 Å². The summed E-state index contributed by atoms with van der Waals surface area (Å²) in [4.78, 5) is 23.0. The summed E-state index contributed by atoms with van der Waals surface area (Å²) in [6.45, 7) is 3.81. The quantitative estimate of drug-likeness (QED) is 0.829. The van der Waals surface area contributed by atoms with Gasteiger partial charge >= 0.3 is 0 Å². The number of hydrogen-bond donors (Lipinski definition) is 0. The monoisotopic (exact) mass is 357 g/mol. The van der Waals surface area contributed by atoms with Crippen LogP contribution in [0.1, 0.15) is 38.5 Å². The van der Waals surface area contributed by atoms with Gasteiger partial charge in [-0.1, -0.05) is 6.08 Å². The van der Waals surface area contributed by atoms with Crippen LogP contribution in [-0.4, -0.2) is 53.7 Å². The molecule has 26 heavy (non-hydrogen) atoms. The van der Waals surface area contributed by atoms with E-state index in [2.05, 4.69) is 20.9 Å². The Morgan fingerprint density at radius 2 is 2.19 bits per heavy atom. The highest BCUT2D eigenvalue weighted by molar-refractivity contribution is 5.93. The lowest BCUT2D eigenvalue weighted by molar-refractivity contribution is -0.134. The van der Waals surface area contributed by atoms with Crippen molar-refractivity contribution < 1.29 is 14.3 Å². The summed E-state index contributed by atoms with van der Waals surface area (Å²) < 4.78 is 11.6. The maximum Gasteiger partial charge on any atom is 0.249 e. The Morgan fingerprint density at radius 3 is 2.92 bits per heavy atom. The Balaban J connectivity index is 1.37. The number of hydrogen-bond acceptors (Lipinski definition) is 5. The van der Waals surface area contributed by atoms with E-state index in [1.165, 1.54) is 0 Å². The van der Waals surface area contributed by atoms with Crippen molar-refractivity contribution in [3.8, 4) is 5.88 Å².